The third kappa shape index (κ3) is 3.61. The second-order valence-electron chi connectivity index (χ2n) is 6.39. The largest absolute Gasteiger partial charge is 0.321 e. The lowest BCUT2D eigenvalue weighted by Gasteiger charge is -2.21. The summed E-state index contributed by atoms with van der Waals surface area (Å²) < 4.78 is 0. The van der Waals surface area contributed by atoms with Gasteiger partial charge in [0, 0.05) is 11.1 Å². The summed E-state index contributed by atoms with van der Waals surface area (Å²) in [5, 5.41) is 2.86. The first-order valence-electron chi connectivity index (χ1n) is 7.31. The van der Waals surface area contributed by atoms with Crippen LogP contribution < -0.4 is 5.32 Å². The van der Waals surface area contributed by atoms with Crippen LogP contribution >= 0.6 is 0 Å². The van der Waals surface area contributed by atoms with Crippen molar-refractivity contribution in [3.8, 4) is 0 Å². The molecule has 0 radical (unpaired) electrons. The molecule has 0 aliphatic heterocycles. The summed E-state index contributed by atoms with van der Waals surface area (Å²) in [7, 11) is 0. The van der Waals surface area contributed by atoms with Crippen molar-refractivity contribution in [3.63, 3.8) is 0 Å². The van der Waals surface area contributed by atoms with Gasteiger partial charge in [0.25, 0.3) is 5.91 Å². The molecule has 3 nitrogen and oxygen atoms in total. The van der Waals surface area contributed by atoms with Gasteiger partial charge in [0.1, 0.15) is 0 Å². The third-order valence-electron chi connectivity index (χ3n) is 3.55. The SMILES string of the molecule is CC(=O)c1ccc(C(C)(C)C)cc1NC(=O)c1ccccc1. The highest BCUT2D eigenvalue weighted by Crippen LogP contribution is 2.28. The molecule has 114 valence electrons. The molecule has 1 N–H and O–H groups in total. The number of anilines is 1. The van der Waals surface area contributed by atoms with E-state index in [1.54, 1.807) is 18.2 Å². The van der Waals surface area contributed by atoms with Crippen molar-refractivity contribution in [1.29, 1.82) is 0 Å². The fraction of sp³-hybridized carbons (Fsp3) is 0.263. The highest BCUT2D eigenvalue weighted by molar-refractivity contribution is 6.09. The van der Waals surface area contributed by atoms with Crippen LogP contribution in [0, 0.1) is 0 Å². The van der Waals surface area contributed by atoms with Crippen LogP contribution in [0.3, 0.4) is 0 Å². The number of ketones is 1. The average molecular weight is 295 g/mol. The lowest BCUT2D eigenvalue weighted by molar-refractivity contribution is 0.101. The third-order valence-corrected chi connectivity index (χ3v) is 3.55. The van der Waals surface area contributed by atoms with Gasteiger partial charge in [-0.05, 0) is 42.2 Å². The number of carbonyl (C=O) groups excluding carboxylic acids is 2. The van der Waals surface area contributed by atoms with E-state index in [1.807, 2.05) is 30.3 Å². The van der Waals surface area contributed by atoms with E-state index in [1.165, 1.54) is 6.92 Å². The molecule has 0 aliphatic carbocycles. The van der Waals surface area contributed by atoms with E-state index in [2.05, 4.69) is 26.1 Å². The number of rotatable bonds is 3. The quantitative estimate of drug-likeness (QED) is 0.851. The van der Waals surface area contributed by atoms with Crippen LogP contribution in [0.4, 0.5) is 5.69 Å². The molecule has 1 amide bonds. The van der Waals surface area contributed by atoms with Crippen LogP contribution in [0.1, 0.15) is 54.0 Å². The number of Topliss-reactive ketones (excluding diaryl/α,β-unsaturated/α-hetero) is 1. The monoisotopic (exact) mass is 295 g/mol. The molecule has 0 spiro atoms. The van der Waals surface area contributed by atoms with Crippen LogP contribution in [-0.4, -0.2) is 11.7 Å². The maximum absolute atomic E-state index is 12.3. The van der Waals surface area contributed by atoms with Crippen LogP contribution in [-0.2, 0) is 5.41 Å². The van der Waals surface area contributed by atoms with Crippen molar-refractivity contribution >= 4 is 17.4 Å². The molecule has 2 rings (SSSR count). The van der Waals surface area contributed by atoms with E-state index < -0.39 is 0 Å². The predicted octanol–water partition coefficient (Wildman–Crippen LogP) is 4.44. The van der Waals surface area contributed by atoms with E-state index in [0.717, 1.165) is 5.56 Å². The van der Waals surface area contributed by atoms with E-state index in [4.69, 9.17) is 0 Å². The smallest absolute Gasteiger partial charge is 0.255 e. The van der Waals surface area contributed by atoms with Gasteiger partial charge >= 0.3 is 0 Å². The fourth-order valence-corrected chi connectivity index (χ4v) is 2.21. The van der Waals surface area contributed by atoms with Crippen molar-refractivity contribution in [3.05, 3.63) is 65.2 Å². The Hall–Kier alpha value is -2.42. The highest BCUT2D eigenvalue weighted by Gasteiger charge is 2.18. The number of carbonyl (C=O) groups is 2. The first-order chi connectivity index (χ1) is 10.3. The number of hydrogen-bond donors (Lipinski definition) is 1. The minimum absolute atomic E-state index is 0.0540. The van der Waals surface area contributed by atoms with Crippen LogP contribution in [0.2, 0.25) is 0 Å². The molecule has 2 aromatic rings. The summed E-state index contributed by atoms with van der Waals surface area (Å²) in [4.78, 5) is 24.1. The Kier molecular flexibility index (Phi) is 4.45. The summed E-state index contributed by atoms with van der Waals surface area (Å²) in [5.41, 5.74) is 2.67. The predicted molar refractivity (Wildman–Crippen MR) is 89.5 cm³/mol. The average Bonchev–Trinajstić information content (AvgIpc) is 2.47. The zero-order valence-electron chi connectivity index (χ0n) is 13.4. The van der Waals surface area contributed by atoms with Gasteiger partial charge in [-0.1, -0.05) is 45.0 Å². The number of benzene rings is 2. The normalized spacial score (nSPS) is 11.1. The van der Waals surface area contributed by atoms with Crippen molar-refractivity contribution in [2.45, 2.75) is 33.1 Å². The van der Waals surface area contributed by atoms with E-state index in [-0.39, 0.29) is 17.1 Å². The second-order valence-corrected chi connectivity index (χ2v) is 6.39. The van der Waals surface area contributed by atoms with Crippen molar-refractivity contribution in [2.24, 2.45) is 0 Å². The lowest BCUT2D eigenvalue weighted by atomic mass is 9.86. The first kappa shape index (κ1) is 16.0. The van der Waals surface area contributed by atoms with Gasteiger partial charge in [0.2, 0.25) is 0 Å². The maximum Gasteiger partial charge on any atom is 0.255 e. The Morgan fingerprint density at radius 3 is 2.14 bits per heavy atom. The zero-order valence-corrected chi connectivity index (χ0v) is 13.4. The molecular weight excluding hydrogens is 274 g/mol. The highest BCUT2D eigenvalue weighted by atomic mass is 16.1. The zero-order chi connectivity index (χ0) is 16.3. The Morgan fingerprint density at radius 2 is 1.59 bits per heavy atom. The lowest BCUT2D eigenvalue weighted by Crippen LogP contribution is -2.17. The Bertz CT molecular complexity index is 697. The van der Waals surface area contributed by atoms with E-state index in [0.29, 0.717) is 16.8 Å². The van der Waals surface area contributed by atoms with Crippen molar-refractivity contribution in [2.75, 3.05) is 5.32 Å². The Morgan fingerprint density at radius 1 is 0.955 bits per heavy atom. The molecule has 0 heterocycles. The van der Waals surface area contributed by atoms with Crippen LogP contribution in [0.25, 0.3) is 0 Å². The molecule has 0 aromatic heterocycles. The summed E-state index contributed by atoms with van der Waals surface area (Å²) in [5.74, 6) is -0.280. The van der Waals surface area contributed by atoms with Gasteiger partial charge in [0.05, 0.1) is 5.69 Å². The van der Waals surface area contributed by atoms with Crippen LogP contribution in [0.5, 0.6) is 0 Å². The van der Waals surface area contributed by atoms with Crippen molar-refractivity contribution in [1.82, 2.24) is 0 Å². The number of nitrogens with one attached hydrogen (secondary N) is 1. The number of amides is 1. The molecule has 3 heteroatoms. The van der Waals surface area contributed by atoms with Crippen LogP contribution in [0.15, 0.2) is 48.5 Å². The molecule has 0 unspecified atom stereocenters. The molecule has 0 saturated heterocycles. The second kappa shape index (κ2) is 6.14. The maximum atomic E-state index is 12.3. The van der Waals surface area contributed by atoms with Gasteiger partial charge in [-0.25, -0.2) is 0 Å². The fourth-order valence-electron chi connectivity index (χ4n) is 2.21. The molecule has 22 heavy (non-hydrogen) atoms. The molecule has 0 fully saturated rings. The summed E-state index contributed by atoms with van der Waals surface area (Å²) >= 11 is 0. The standard InChI is InChI=1S/C19H21NO2/c1-13(21)16-11-10-15(19(2,3)4)12-17(16)20-18(22)14-8-6-5-7-9-14/h5-12H,1-4H3,(H,20,22). The number of hydrogen-bond acceptors (Lipinski definition) is 2. The topological polar surface area (TPSA) is 46.2 Å². The minimum atomic E-state index is -0.214. The molecule has 0 saturated carbocycles. The minimum Gasteiger partial charge on any atom is -0.321 e. The molecule has 2 aromatic carbocycles. The molecule has 0 bridgehead atoms. The van der Waals surface area contributed by atoms with Gasteiger partial charge in [-0.3, -0.25) is 9.59 Å². The Labute approximate surface area is 131 Å². The summed E-state index contributed by atoms with van der Waals surface area (Å²) in [6.07, 6.45) is 0. The van der Waals surface area contributed by atoms with Gasteiger partial charge in [0.15, 0.2) is 5.78 Å². The molecular formula is C19H21NO2. The first-order valence-corrected chi connectivity index (χ1v) is 7.31. The van der Waals surface area contributed by atoms with Gasteiger partial charge in [-0.15, -0.1) is 0 Å². The van der Waals surface area contributed by atoms with Gasteiger partial charge < -0.3 is 5.32 Å². The summed E-state index contributed by atoms with van der Waals surface area (Å²) in [6, 6.07) is 14.6. The molecule has 0 aliphatic rings. The molecule has 0 atom stereocenters. The summed E-state index contributed by atoms with van der Waals surface area (Å²) in [6.45, 7) is 7.79. The Balaban J connectivity index is 2.39. The van der Waals surface area contributed by atoms with Crippen molar-refractivity contribution < 1.29 is 9.59 Å². The van der Waals surface area contributed by atoms with E-state index >= 15 is 0 Å². The van der Waals surface area contributed by atoms with E-state index in [9.17, 15) is 9.59 Å². The van der Waals surface area contributed by atoms with Gasteiger partial charge in [-0.2, -0.15) is 0 Å².